The van der Waals surface area contributed by atoms with Gasteiger partial charge in [-0.2, -0.15) is 0 Å². The molecule has 2 aliphatic carbocycles. The molecule has 2 saturated carbocycles. The van der Waals surface area contributed by atoms with Crippen LogP contribution in [0, 0.1) is 23.2 Å². The van der Waals surface area contributed by atoms with E-state index in [9.17, 15) is 29.7 Å². The summed E-state index contributed by atoms with van der Waals surface area (Å²) in [6.07, 6.45) is -3.64. The molecule has 3 aliphatic rings. The fourth-order valence-electron chi connectivity index (χ4n) is 5.91. The van der Waals surface area contributed by atoms with Gasteiger partial charge in [-0.15, -0.1) is 6.58 Å². The molecular formula is C25H39NO8. The number of ether oxygens (including phenoxy) is 2. The Kier molecular flexibility index (Phi) is 7.35. The summed E-state index contributed by atoms with van der Waals surface area (Å²) in [5, 5.41) is 36.8. The molecule has 0 aromatic heterocycles. The van der Waals surface area contributed by atoms with Gasteiger partial charge in [0.25, 0.3) is 0 Å². The maximum Gasteiger partial charge on any atom is 0.315 e. The maximum absolute atomic E-state index is 13.4. The highest BCUT2D eigenvalue weighted by Crippen LogP contribution is 2.57. The molecule has 8 atom stereocenters. The number of Topliss-reactive ketones (excluding diaryl/α,β-unsaturated/α-hetero) is 1. The van der Waals surface area contributed by atoms with E-state index in [0.717, 1.165) is 0 Å². The smallest absolute Gasteiger partial charge is 0.315 e. The van der Waals surface area contributed by atoms with E-state index in [0.29, 0.717) is 19.4 Å². The Morgan fingerprint density at radius 1 is 1.26 bits per heavy atom. The predicted octanol–water partition coefficient (Wildman–Crippen LogP) is 0.882. The van der Waals surface area contributed by atoms with Crippen molar-refractivity contribution in [2.75, 3.05) is 6.54 Å². The Hall–Kier alpha value is -1.81. The van der Waals surface area contributed by atoms with Crippen molar-refractivity contribution in [3.63, 3.8) is 0 Å². The minimum Gasteiger partial charge on any atom is -0.456 e. The van der Waals surface area contributed by atoms with Crippen molar-refractivity contribution in [2.24, 2.45) is 23.2 Å². The third-order valence-electron chi connectivity index (χ3n) is 7.80. The monoisotopic (exact) mass is 481 g/mol. The summed E-state index contributed by atoms with van der Waals surface area (Å²) in [5.74, 6) is -3.52. The van der Waals surface area contributed by atoms with E-state index < -0.39 is 76.9 Å². The Morgan fingerprint density at radius 3 is 2.50 bits per heavy atom. The molecule has 9 heteroatoms. The van der Waals surface area contributed by atoms with E-state index in [4.69, 9.17) is 9.47 Å². The zero-order valence-electron chi connectivity index (χ0n) is 20.7. The Bertz CT molecular complexity index is 841. The lowest BCUT2D eigenvalue weighted by Gasteiger charge is -2.62. The number of hydrogen-bond donors (Lipinski definition) is 4. The number of carbonyl (C=O) groups is 3. The molecule has 0 spiro atoms. The van der Waals surface area contributed by atoms with Crippen molar-refractivity contribution in [3.05, 3.63) is 12.7 Å². The average Bonchev–Trinajstić information content (AvgIpc) is 2.73. The second-order valence-electron chi connectivity index (χ2n) is 11.4. The van der Waals surface area contributed by atoms with Gasteiger partial charge >= 0.3 is 5.97 Å². The zero-order chi connectivity index (χ0) is 25.6. The number of aliphatic hydroxyl groups excluding tert-OH is 2. The first-order valence-corrected chi connectivity index (χ1v) is 12.1. The Morgan fingerprint density at radius 2 is 1.91 bits per heavy atom. The third kappa shape index (κ3) is 4.67. The summed E-state index contributed by atoms with van der Waals surface area (Å²) in [7, 11) is 0. The maximum atomic E-state index is 13.4. The van der Waals surface area contributed by atoms with Gasteiger partial charge in [-0.3, -0.25) is 14.4 Å². The Labute approximate surface area is 200 Å². The first kappa shape index (κ1) is 26.8. The molecule has 1 heterocycles. The van der Waals surface area contributed by atoms with E-state index in [1.54, 1.807) is 6.92 Å². The molecule has 4 N–H and O–H groups in total. The molecule has 3 rings (SSSR count). The van der Waals surface area contributed by atoms with E-state index in [-0.39, 0.29) is 12.3 Å². The molecule has 8 unspecified atom stereocenters. The van der Waals surface area contributed by atoms with Crippen molar-refractivity contribution in [2.45, 2.75) is 95.9 Å². The van der Waals surface area contributed by atoms with Crippen LogP contribution in [0.1, 0.15) is 60.3 Å². The molecule has 1 saturated heterocycles. The molecule has 0 aromatic carbocycles. The number of carbonyl (C=O) groups excluding carboxylic acids is 3. The molecule has 1 amide bonds. The normalized spacial score (nSPS) is 41.3. The van der Waals surface area contributed by atoms with Crippen LogP contribution in [-0.2, 0) is 23.9 Å². The molecule has 0 radical (unpaired) electrons. The summed E-state index contributed by atoms with van der Waals surface area (Å²) in [4.78, 5) is 38.3. The highest BCUT2D eigenvalue weighted by Gasteiger charge is 2.71. The highest BCUT2D eigenvalue weighted by atomic mass is 16.6. The molecule has 0 aromatic rings. The molecule has 0 bridgehead atoms. The minimum absolute atomic E-state index is 0.172. The largest absolute Gasteiger partial charge is 0.456 e. The van der Waals surface area contributed by atoms with Crippen LogP contribution < -0.4 is 5.32 Å². The average molecular weight is 482 g/mol. The fraction of sp³-hybridized carbons (Fsp3) is 0.800. The summed E-state index contributed by atoms with van der Waals surface area (Å²) in [6, 6.07) is 0. The first-order chi connectivity index (χ1) is 15.7. The summed E-state index contributed by atoms with van der Waals surface area (Å²) in [6.45, 7) is 13.4. The molecular weight excluding hydrogens is 442 g/mol. The number of esters is 1. The van der Waals surface area contributed by atoms with Gasteiger partial charge in [0.1, 0.15) is 12.5 Å². The van der Waals surface area contributed by atoms with Crippen molar-refractivity contribution in [1.82, 2.24) is 5.32 Å². The first-order valence-electron chi connectivity index (χ1n) is 12.1. The quantitative estimate of drug-likeness (QED) is 0.249. The van der Waals surface area contributed by atoms with E-state index >= 15 is 0 Å². The minimum atomic E-state index is -2.17. The summed E-state index contributed by atoms with van der Waals surface area (Å²) >= 11 is 0. The molecule has 192 valence electrons. The lowest BCUT2D eigenvalue weighted by molar-refractivity contribution is -0.306. The van der Waals surface area contributed by atoms with Crippen molar-refractivity contribution in [3.8, 4) is 0 Å². The van der Waals surface area contributed by atoms with Crippen molar-refractivity contribution in [1.29, 1.82) is 0 Å². The van der Waals surface area contributed by atoms with Gasteiger partial charge in [0.15, 0.2) is 17.5 Å². The van der Waals surface area contributed by atoms with Crippen molar-refractivity contribution >= 4 is 17.7 Å². The molecule has 9 nitrogen and oxygen atoms in total. The lowest BCUT2D eigenvalue weighted by Crippen LogP contribution is -2.78. The van der Waals surface area contributed by atoms with Gasteiger partial charge < -0.3 is 30.1 Å². The van der Waals surface area contributed by atoms with Crippen LogP contribution in [0.2, 0.25) is 0 Å². The summed E-state index contributed by atoms with van der Waals surface area (Å²) < 4.78 is 11.7. The number of nitrogens with one attached hydrogen (secondary N) is 1. The van der Waals surface area contributed by atoms with Gasteiger partial charge in [0.2, 0.25) is 5.91 Å². The molecule has 3 fully saturated rings. The van der Waals surface area contributed by atoms with Crippen LogP contribution >= 0.6 is 0 Å². The number of ketones is 1. The molecule has 1 aliphatic heterocycles. The fourth-order valence-corrected chi connectivity index (χ4v) is 5.91. The number of rotatable bonds is 6. The van der Waals surface area contributed by atoms with E-state index in [2.05, 4.69) is 11.9 Å². The van der Waals surface area contributed by atoms with Crippen LogP contribution in [-0.4, -0.2) is 75.1 Å². The van der Waals surface area contributed by atoms with Crippen LogP contribution in [0.15, 0.2) is 12.7 Å². The third-order valence-corrected chi connectivity index (χ3v) is 7.80. The standard InChI is InChI=1S/C25H39NO8/c1-7-24(6)11-15(28)25(32)18-14(27)8-9-23(4,5)19(18)20(31)21(22(25)34-24)33-17(30)10-16(29)26-12-13(2)3/h7,13-14,18-22,27,31-32H,1,8-12H2,2-6H3,(H,26,29). The van der Waals surface area contributed by atoms with Gasteiger partial charge in [-0.05, 0) is 31.1 Å². The van der Waals surface area contributed by atoms with Gasteiger partial charge in [0.05, 0.1) is 17.8 Å². The van der Waals surface area contributed by atoms with Crippen LogP contribution in [0.5, 0.6) is 0 Å². The predicted molar refractivity (Wildman–Crippen MR) is 122 cm³/mol. The number of aliphatic hydroxyl groups is 3. The number of hydrogen-bond acceptors (Lipinski definition) is 8. The van der Waals surface area contributed by atoms with Gasteiger partial charge in [-0.25, -0.2) is 0 Å². The van der Waals surface area contributed by atoms with Gasteiger partial charge in [-0.1, -0.05) is 33.8 Å². The van der Waals surface area contributed by atoms with E-state index in [1.165, 1.54) is 6.08 Å². The second-order valence-corrected chi connectivity index (χ2v) is 11.4. The van der Waals surface area contributed by atoms with Crippen molar-refractivity contribution < 1.29 is 39.2 Å². The topological polar surface area (TPSA) is 142 Å². The van der Waals surface area contributed by atoms with E-state index in [1.807, 2.05) is 27.7 Å². The molecule has 34 heavy (non-hydrogen) atoms. The van der Waals surface area contributed by atoms with Gasteiger partial charge in [0, 0.05) is 24.8 Å². The van der Waals surface area contributed by atoms with Crippen LogP contribution in [0.3, 0.4) is 0 Å². The lowest BCUT2D eigenvalue weighted by atomic mass is 9.49. The SMILES string of the molecule is C=CC1(C)CC(=O)C2(O)C(O1)C(OC(=O)CC(=O)NCC(C)C)C(O)C1C2C(O)CCC1(C)C. The summed E-state index contributed by atoms with van der Waals surface area (Å²) in [5.41, 5.74) is -3.90. The zero-order valence-corrected chi connectivity index (χ0v) is 20.7. The highest BCUT2D eigenvalue weighted by molar-refractivity contribution is 5.94. The number of amides is 1. The van der Waals surface area contributed by atoms with Crippen LogP contribution in [0.25, 0.3) is 0 Å². The second kappa shape index (κ2) is 9.33. The number of fused-ring (bicyclic) bond motifs is 3. The van der Waals surface area contributed by atoms with Crippen LogP contribution in [0.4, 0.5) is 0 Å². The Balaban J connectivity index is 1.97.